The highest BCUT2D eigenvalue weighted by molar-refractivity contribution is 5.95. The quantitative estimate of drug-likeness (QED) is 0.847. The van der Waals surface area contributed by atoms with Crippen LogP contribution in [0.5, 0.6) is 5.75 Å². The summed E-state index contributed by atoms with van der Waals surface area (Å²) in [6, 6.07) is 4.16. The third-order valence-electron chi connectivity index (χ3n) is 3.15. The van der Waals surface area contributed by atoms with E-state index in [2.05, 4.69) is 5.32 Å². The zero-order valence-electron chi connectivity index (χ0n) is 12.9. The van der Waals surface area contributed by atoms with Gasteiger partial charge in [0.1, 0.15) is 11.6 Å². The Bertz CT molecular complexity index is 483. The zero-order valence-corrected chi connectivity index (χ0v) is 13.7. The maximum Gasteiger partial charge on any atom is 0.254 e. The van der Waals surface area contributed by atoms with E-state index >= 15 is 0 Å². The summed E-state index contributed by atoms with van der Waals surface area (Å²) in [5.74, 6) is -0.308. The third-order valence-corrected chi connectivity index (χ3v) is 3.15. The van der Waals surface area contributed by atoms with Crippen LogP contribution in [-0.2, 0) is 0 Å². The van der Waals surface area contributed by atoms with Gasteiger partial charge in [-0.05, 0) is 31.4 Å². The van der Waals surface area contributed by atoms with Crippen molar-refractivity contribution in [2.75, 3.05) is 13.7 Å². The fourth-order valence-corrected chi connectivity index (χ4v) is 2.23. The Labute approximate surface area is 131 Å². The number of carbonyl (C=O) groups is 1. The molecule has 0 saturated carbocycles. The van der Waals surface area contributed by atoms with Gasteiger partial charge in [0.25, 0.3) is 5.91 Å². The average molecular weight is 319 g/mol. The number of nitrogens with two attached hydrogens (primary N) is 1. The molecule has 0 aromatic heterocycles. The smallest absolute Gasteiger partial charge is 0.254 e. The fourth-order valence-electron chi connectivity index (χ4n) is 2.23. The maximum absolute atomic E-state index is 13.9. The molecule has 1 rings (SSSR count). The lowest BCUT2D eigenvalue weighted by Gasteiger charge is -2.31. The van der Waals surface area contributed by atoms with Crippen molar-refractivity contribution >= 4 is 18.3 Å². The molecule has 4 nitrogen and oxygen atoms in total. The number of benzene rings is 1. The minimum Gasteiger partial charge on any atom is -0.497 e. The predicted molar refractivity (Wildman–Crippen MR) is 84.6 cm³/mol. The highest BCUT2D eigenvalue weighted by Gasteiger charge is 2.27. The molecule has 0 bridgehead atoms. The Morgan fingerprint density at radius 2 is 2.10 bits per heavy atom. The van der Waals surface area contributed by atoms with Crippen LogP contribution in [0.2, 0.25) is 0 Å². The Hall–Kier alpha value is -1.33. The number of amides is 1. The van der Waals surface area contributed by atoms with E-state index in [1.807, 2.05) is 20.8 Å². The molecular weight excluding hydrogens is 295 g/mol. The summed E-state index contributed by atoms with van der Waals surface area (Å²) < 4.78 is 18.8. The van der Waals surface area contributed by atoms with Crippen LogP contribution in [-0.4, -0.2) is 25.1 Å². The van der Waals surface area contributed by atoms with Crippen LogP contribution in [0.1, 0.15) is 37.6 Å². The van der Waals surface area contributed by atoms with Gasteiger partial charge in [-0.25, -0.2) is 4.39 Å². The van der Waals surface area contributed by atoms with Gasteiger partial charge in [0, 0.05) is 18.2 Å². The van der Waals surface area contributed by atoms with Crippen LogP contribution in [0.25, 0.3) is 0 Å². The molecule has 0 aliphatic carbocycles. The first-order valence-corrected chi connectivity index (χ1v) is 6.67. The molecular formula is C15H24ClFN2O2. The van der Waals surface area contributed by atoms with Crippen molar-refractivity contribution in [3.8, 4) is 5.75 Å². The number of hydrogen-bond donors (Lipinski definition) is 2. The SMILES string of the molecule is COc1ccc(C(=O)NC(C)(CN)CC(C)C)c(F)c1.Cl. The highest BCUT2D eigenvalue weighted by Crippen LogP contribution is 2.19. The molecule has 0 radical (unpaired) electrons. The van der Waals surface area contributed by atoms with Crippen molar-refractivity contribution < 1.29 is 13.9 Å². The second kappa shape index (κ2) is 8.20. The summed E-state index contributed by atoms with van der Waals surface area (Å²) >= 11 is 0. The maximum atomic E-state index is 13.9. The molecule has 1 atom stereocenters. The standard InChI is InChI=1S/C15H23FN2O2.ClH/c1-10(2)8-15(3,9-17)18-14(19)12-6-5-11(20-4)7-13(12)16;/h5-7,10H,8-9,17H2,1-4H3,(H,18,19);1H. The van der Waals surface area contributed by atoms with E-state index in [1.165, 1.54) is 19.2 Å². The van der Waals surface area contributed by atoms with Gasteiger partial charge in [0.15, 0.2) is 0 Å². The summed E-state index contributed by atoms with van der Waals surface area (Å²) in [6.45, 7) is 6.27. The second-order valence-corrected chi connectivity index (χ2v) is 5.66. The minimum atomic E-state index is -0.606. The van der Waals surface area contributed by atoms with Crippen LogP contribution in [0.3, 0.4) is 0 Å². The molecule has 21 heavy (non-hydrogen) atoms. The first-order chi connectivity index (χ1) is 9.31. The first-order valence-electron chi connectivity index (χ1n) is 6.67. The van der Waals surface area contributed by atoms with Crippen LogP contribution < -0.4 is 15.8 Å². The van der Waals surface area contributed by atoms with Crippen molar-refractivity contribution in [1.82, 2.24) is 5.32 Å². The first kappa shape index (κ1) is 19.7. The lowest BCUT2D eigenvalue weighted by atomic mass is 9.90. The number of hydrogen-bond acceptors (Lipinski definition) is 3. The predicted octanol–water partition coefficient (Wildman–Crippen LogP) is 2.75. The van der Waals surface area contributed by atoms with E-state index in [4.69, 9.17) is 10.5 Å². The molecule has 1 aromatic rings. The largest absolute Gasteiger partial charge is 0.497 e. The van der Waals surface area contributed by atoms with Crippen LogP contribution in [0, 0.1) is 11.7 Å². The summed E-state index contributed by atoms with van der Waals surface area (Å²) in [4.78, 5) is 12.2. The monoisotopic (exact) mass is 318 g/mol. The van der Waals surface area contributed by atoms with Crippen molar-refractivity contribution in [3.63, 3.8) is 0 Å². The summed E-state index contributed by atoms with van der Waals surface area (Å²) in [5, 5.41) is 2.82. The van der Waals surface area contributed by atoms with Crippen molar-refractivity contribution in [1.29, 1.82) is 0 Å². The zero-order chi connectivity index (χ0) is 15.3. The van der Waals surface area contributed by atoms with Crippen molar-refractivity contribution in [2.45, 2.75) is 32.7 Å². The number of rotatable bonds is 6. The van der Waals surface area contributed by atoms with Gasteiger partial charge >= 0.3 is 0 Å². The molecule has 0 spiro atoms. The Morgan fingerprint density at radius 3 is 2.52 bits per heavy atom. The van der Waals surface area contributed by atoms with E-state index in [1.54, 1.807) is 6.07 Å². The van der Waals surface area contributed by atoms with Gasteiger partial charge in [-0.3, -0.25) is 4.79 Å². The van der Waals surface area contributed by atoms with Gasteiger partial charge in [-0.2, -0.15) is 0 Å². The average Bonchev–Trinajstić information content (AvgIpc) is 2.37. The number of nitrogens with one attached hydrogen (secondary N) is 1. The van der Waals surface area contributed by atoms with Gasteiger partial charge in [-0.1, -0.05) is 13.8 Å². The summed E-state index contributed by atoms with van der Waals surface area (Å²) in [5.41, 5.74) is 5.19. The highest BCUT2D eigenvalue weighted by atomic mass is 35.5. The van der Waals surface area contributed by atoms with E-state index in [0.29, 0.717) is 18.2 Å². The lowest BCUT2D eigenvalue weighted by molar-refractivity contribution is 0.0894. The van der Waals surface area contributed by atoms with Gasteiger partial charge in [0.2, 0.25) is 0 Å². The van der Waals surface area contributed by atoms with Gasteiger partial charge in [-0.15, -0.1) is 12.4 Å². The van der Waals surface area contributed by atoms with Gasteiger partial charge in [0.05, 0.1) is 12.7 Å². The number of methoxy groups -OCH3 is 1. The van der Waals surface area contributed by atoms with E-state index in [0.717, 1.165) is 6.42 Å². The fraction of sp³-hybridized carbons (Fsp3) is 0.533. The molecule has 0 heterocycles. The molecule has 0 saturated heterocycles. The van der Waals surface area contributed by atoms with E-state index < -0.39 is 17.3 Å². The minimum absolute atomic E-state index is 0. The summed E-state index contributed by atoms with van der Waals surface area (Å²) in [6.07, 6.45) is 0.729. The third kappa shape index (κ3) is 5.52. The Balaban J connectivity index is 0.00000400. The molecule has 1 amide bonds. The molecule has 0 aliphatic heterocycles. The van der Waals surface area contributed by atoms with Crippen molar-refractivity contribution in [2.24, 2.45) is 11.7 Å². The molecule has 0 fully saturated rings. The van der Waals surface area contributed by atoms with E-state index in [-0.39, 0.29) is 18.0 Å². The molecule has 120 valence electrons. The van der Waals surface area contributed by atoms with Crippen LogP contribution >= 0.6 is 12.4 Å². The topological polar surface area (TPSA) is 64.3 Å². The Morgan fingerprint density at radius 1 is 1.48 bits per heavy atom. The molecule has 1 aromatic carbocycles. The lowest BCUT2D eigenvalue weighted by Crippen LogP contribution is -2.52. The van der Waals surface area contributed by atoms with Crippen LogP contribution in [0.15, 0.2) is 18.2 Å². The number of carbonyl (C=O) groups excluding carboxylic acids is 1. The molecule has 1 unspecified atom stereocenters. The van der Waals surface area contributed by atoms with E-state index in [9.17, 15) is 9.18 Å². The molecule has 3 N–H and O–H groups in total. The van der Waals surface area contributed by atoms with Crippen LogP contribution in [0.4, 0.5) is 4.39 Å². The van der Waals surface area contributed by atoms with Crippen molar-refractivity contribution in [3.05, 3.63) is 29.6 Å². The normalized spacial score (nSPS) is 13.3. The molecule has 0 aliphatic rings. The second-order valence-electron chi connectivity index (χ2n) is 5.66. The molecule has 6 heteroatoms. The Kier molecular flexibility index (Phi) is 7.68. The number of ether oxygens (including phenoxy) is 1. The number of halogens is 2. The summed E-state index contributed by atoms with van der Waals surface area (Å²) in [7, 11) is 1.45. The van der Waals surface area contributed by atoms with Gasteiger partial charge < -0.3 is 15.8 Å².